The van der Waals surface area contributed by atoms with Crippen molar-refractivity contribution in [2.45, 2.75) is 39.9 Å². The van der Waals surface area contributed by atoms with Crippen LogP contribution in [0.3, 0.4) is 0 Å². The number of H-pyrrole nitrogens is 1. The van der Waals surface area contributed by atoms with Gasteiger partial charge in [0.15, 0.2) is 5.69 Å². The monoisotopic (exact) mass is 322 g/mol. The Morgan fingerprint density at radius 3 is 2.36 bits per heavy atom. The number of ether oxygens (including phenoxy) is 2. The number of halogens is 4. The van der Waals surface area contributed by atoms with Gasteiger partial charge in [0, 0.05) is 6.07 Å². The second-order valence-corrected chi connectivity index (χ2v) is 4.21. The minimum absolute atomic E-state index is 0.0261. The van der Waals surface area contributed by atoms with E-state index < -0.39 is 19.1 Å². The lowest BCUT2D eigenvalue weighted by Gasteiger charge is -2.10. The van der Waals surface area contributed by atoms with Crippen LogP contribution in [-0.4, -0.2) is 33.2 Å². The van der Waals surface area contributed by atoms with Gasteiger partial charge in [0.25, 0.3) is 5.88 Å². The number of nitrogens with zero attached hydrogens (tertiary/aromatic N) is 3. The summed E-state index contributed by atoms with van der Waals surface area (Å²) in [5.74, 6) is -0.709. The third-order valence-corrected chi connectivity index (χ3v) is 2.85. The van der Waals surface area contributed by atoms with Crippen LogP contribution < -0.4 is 9.47 Å². The van der Waals surface area contributed by atoms with Crippen molar-refractivity contribution >= 4 is 0 Å². The SMILES string of the molecule is CCc1cc(OC(F)F)n(-c2c(OC(F)F)n[nH]c2CC)n1. The molecule has 0 saturated carbocycles. The van der Waals surface area contributed by atoms with Crippen molar-refractivity contribution in [2.24, 2.45) is 0 Å². The molecule has 122 valence electrons. The van der Waals surface area contributed by atoms with Crippen molar-refractivity contribution < 1.29 is 27.0 Å². The largest absolute Gasteiger partial charge is 0.417 e. The first kappa shape index (κ1) is 16.1. The summed E-state index contributed by atoms with van der Waals surface area (Å²) >= 11 is 0. The Balaban J connectivity index is 2.54. The van der Waals surface area contributed by atoms with Gasteiger partial charge < -0.3 is 9.47 Å². The minimum Gasteiger partial charge on any atom is -0.417 e. The van der Waals surface area contributed by atoms with Crippen molar-refractivity contribution in [2.75, 3.05) is 0 Å². The molecule has 0 aliphatic heterocycles. The van der Waals surface area contributed by atoms with E-state index in [1.54, 1.807) is 13.8 Å². The molecule has 22 heavy (non-hydrogen) atoms. The Kier molecular flexibility index (Phi) is 4.88. The molecule has 6 nitrogen and oxygen atoms in total. The summed E-state index contributed by atoms with van der Waals surface area (Å²) in [4.78, 5) is 0. The fourth-order valence-electron chi connectivity index (χ4n) is 1.90. The summed E-state index contributed by atoms with van der Waals surface area (Å²) in [7, 11) is 0. The molecule has 0 bridgehead atoms. The summed E-state index contributed by atoms with van der Waals surface area (Å²) in [5.41, 5.74) is 0.889. The lowest BCUT2D eigenvalue weighted by atomic mass is 10.3. The molecule has 0 aliphatic rings. The molecular weight excluding hydrogens is 308 g/mol. The fourth-order valence-corrected chi connectivity index (χ4v) is 1.90. The summed E-state index contributed by atoms with van der Waals surface area (Å²) in [6.45, 7) is -2.67. The lowest BCUT2D eigenvalue weighted by Crippen LogP contribution is -2.11. The molecule has 2 rings (SSSR count). The molecule has 0 spiro atoms. The number of nitrogens with one attached hydrogen (secondary N) is 1. The number of hydrogen-bond donors (Lipinski definition) is 1. The molecule has 0 saturated heterocycles. The first-order valence-electron chi connectivity index (χ1n) is 6.52. The summed E-state index contributed by atoms with van der Waals surface area (Å²) in [6, 6.07) is 1.31. The number of aromatic nitrogens is 4. The van der Waals surface area contributed by atoms with Gasteiger partial charge in [0.1, 0.15) is 0 Å². The number of alkyl halides is 4. The Hall–Kier alpha value is -2.26. The molecule has 2 heterocycles. The molecule has 1 N–H and O–H groups in total. The molecule has 2 aromatic heterocycles. The molecule has 0 radical (unpaired) electrons. The van der Waals surface area contributed by atoms with Gasteiger partial charge in [0.2, 0.25) is 5.88 Å². The zero-order valence-electron chi connectivity index (χ0n) is 11.8. The van der Waals surface area contributed by atoms with E-state index in [2.05, 4.69) is 24.8 Å². The predicted octanol–water partition coefficient (Wildman–Crippen LogP) is 2.92. The maximum Gasteiger partial charge on any atom is 0.388 e. The third-order valence-electron chi connectivity index (χ3n) is 2.85. The van der Waals surface area contributed by atoms with E-state index in [0.29, 0.717) is 24.2 Å². The average Bonchev–Trinajstić information content (AvgIpc) is 3.00. The van der Waals surface area contributed by atoms with Crippen LogP contribution in [0.2, 0.25) is 0 Å². The zero-order valence-corrected chi connectivity index (χ0v) is 11.8. The Morgan fingerprint density at radius 2 is 1.82 bits per heavy atom. The molecule has 0 fully saturated rings. The van der Waals surface area contributed by atoms with Gasteiger partial charge >= 0.3 is 13.2 Å². The highest BCUT2D eigenvalue weighted by Gasteiger charge is 2.24. The second-order valence-electron chi connectivity index (χ2n) is 4.21. The van der Waals surface area contributed by atoms with Crippen LogP contribution in [0.15, 0.2) is 6.07 Å². The molecule has 0 atom stereocenters. The van der Waals surface area contributed by atoms with Crippen molar-refractivity contribution in [3.8, 4) is 17.4 Å². The summed E-state index contributed by atoms with van der Waals surface area (Å²) in [5, 5.41) is 10.2. The Morgan fingerprint density at radius 1 is 1.14 bits per heavy atom. The van der Waals surface area contributed by atoms with Gasteiger partial charge in [-0.05, 0) is 12.8 Å². The van der Waals surface area contributed by atoms with E-state index in [0.717, 1.165) is 4.68 Å². The minimum atomic E-state index is -3.10. The molecule has 0 aromatic carbocycles. The molecule has 0 amide bonds. The van der Waals surface area contributed by atoms with Gasteiger partial charge in [-0.1, -0.05) is 13.8 Å². The van der Waals surface area contributed by atoms with Gasteiger partial charge in [-0.3, -0.25) is 5.10 Å². The fraction of sp³-hybridized carbons (Fsp3) is 0.500. The highest BCUT2D eigenvalue weighted by molar-refractivity contribution is 5.48. The van der Waals surface area contributed by atoms with Crippen molar-refractivity contribution in [3.05, 3.63) is 17.5 Å². The quantitative estimate of drug-likeness (QED) is 0.796. The lowest BCUT2D eigenvalue weighted by molar-refractivity contribution is -0.0571. The van der Waals surface area contributed by atoms with E-state index in [-0.39, 0.29) is 11.6 Å². The molecule has 10 heteroatoms. The molecule has 2 aromatic rings. The highest BCUT2D eigenvalue weighted by Crippen LogP contribution is 2.30. The van der Waals surface area contributed by atoms with Gasteiger partial charge in [-0.15, -0.1) is 5.10 Å². The van der Waals surface area contributed by atoms with Crippen LogP contribution in [0, 0.1) is 0 Å². The van der Waals surface area contributed by atoms with Gasteiger partial charge in [-0.2, -0.15) is 27.3 Å². The van der Waals surface area contributed by atoms with E-state index in [4.69, 9.17) is 0 Å². The van der Waals surface area contributed by atoms with E-state index in [9.17, 15) is 17.6 Å². The predicted molar refractivity (Wildman–Crippen MR) is 67.7 cm³/mol. The zero-order chi connectivity index (χ0) is 16.3. The van der Waals surface area contributed by atoms with Crippen LogP contribution in [0.5, 0.6) is 11.8 Å². The average molecular weight is 322 g/mol. The van der Waals surface area contributed by atoms with Crippen molar-refractivity contribution in [1.82, 2.24) is 20.0 Å². The van der Waals surface area contributed by atoms with E-state index in [1.165, 1.54) is 6.07 Å². The van der Waals surface area contributed by atoms with E-state index in [1.807, 2.05) is 0 Å². The molecular formula is C12H14F4N4O2. The van der Waals surface area contributed by atoms with Crippen LogP contribution in [0.4, 0.5) is 17.6 Å². The first-order chi connectivity index (χ1) is 10.5. The van der Waals surface area contributed by atoms with Crippen molar-refractivity contribution in [3.63, 3.8) is 0 Å². The van der Waals surface area contributed by atoms with Gasteiger partial charge in [0.05, 0.1) is 11.4 Å². The number of aromatic amines is 1. The van der Waals surface area contributed by atoms with Gasteiger partial charge in [-0.25, -0.2) is 0 Å². The summed E-state index contributed by atoms with van der Waals surface area (Å²) < 4.78 is 59.6. The highest BCUT2D eigenvalue weighted by atomic mass is 19.3. The van der Waals surface area contributed by atoms with Crippen LogP contribution in [0.1, 0.15) is 25.2 Å². The third kappa shape index (κ3) is 3.31. The number of rotatable bonds is 7. The van der Waals surface area contributed by atoms with Crippen LogP contribution in [0.25, 0.3) is 5.69 Å². The second kappa shape index (κ2) is 6.67. The Bertz CT molecular complexity index is 627. The Labute approximate surface area is 123 Å². The number of hydrogen-bond acceptors (Lipinski definition) is 4. The van der Waals surface area contributed by atoms with E-state index >= 15 is 0 Å². The standard InChI is InChI=1S/C12H14F4N4O2/c1-3-6-5-8(21-11(13)14)20(19-6)9-7(4-2)17-18-10(9)22-12(15)16/h5,11-12H,3-4H2,1-2H3,(H,17,18). The normalized spacial score (nSPS) is 11.5. The van der Waals surface area contributed by atoms with Crippen LogP contribution >= 0.6 is 0 Å². The first-order valence-corrected chi connectivity index (χ1v) is 6.52. The maximum atomic E-state index is 12.5. The number of aryl methyl sites for hydroxylation is 2. The van der Waals surface area contributed by atoms with Crippen LogP contribution in [-0.2, 0) is 12.8 Å². The smallest absolute Gasteiger partial charge is 0.388 e. The molecule has 0 unspecified atom stereocenters. The summed E-state index contributed by atoms with van der Waals surface area (Å²) in [6.07, 6.45) is 0.835. The molecule has 0 aliphatic carbocycles. The topological polar surface area (TPSA) is 65.0 Å². The van der Waals surface area contributed by atoms with Crippen molar-refractivity contribution in [1.29, 1.82) is 0 Å². The maximum absolute atomic E-state index is 12.5.